The fraction of sp³-hybridized carbons (Fsp3) is 0.174. The number of para-hydroxylation sites is 1. The monoisotopic (exact) mass is 421 g/mol. The van der Waals surface area contributed by atoms with E-state index in [0.29, 0.717) is 22.2 Å². The maximum absolute atomic E-state index is 12.8. The molecule has 1 aliphatic heterocycles. The first-order valence-corrected chi connectivity index (χ1v) is 10.1. The van der Waals surface area contributed by atoms with Crippen molar-refractivity contribution in [1.82, 2.24) is 9.88 Å². The van der Waals surface area contributed by atoms with E-state index in [4.69, 9.17) is 16.3 Å². The lowest BCUT2D eigenvalue weighted by Gasteiger charge is -2.15. The third-order valence-corrected chi connectivity index (χ3v) is 4.99. The van der Waals surface area contributed by atoms with Crippen LogP contribution in [-0.4, -0.2) is 34.8 Å². The molecule has 1 fully saturated rings. The minimum atomic E-state index is -0.453. The molecule has 30 heavy (non-hydrogen) atoms. The van der Waals surface area contributed by atoms with Gasteiger partial charge >= 0.3 is 0 Å². The van der Waals surface area contributed by atoms with E-state index in [1.807, 2.05) is 30.3 Å². The highest BCUT2D eigenvalue weighted by Crippen LogP contribution is 2.32. The first kappa shape index (κ1) is 19.9. The number of amides is 2. The second kappa shape index (κ2) is 8.97. The maximum Gasteiger partial charge on any atom is 0.274 e. The molecule has 1 N–H and O–H groups in total. The first-order chi connectivity index (χ1) is 14.6. The molecule has 0 spiro atoms. The van der Waals surface area contributed by atoms with Crippen molar-refractivity contribution >= 4 is 29.1 Å². The number of anilines is 1. The van der Waals surface area contributed by atoms with Crippen LogP contribution in [0.1, 0.15) is 33.8 Å². The number of aromatic nitrogens is 1. The number of nitrogens with zero attached hydrogens (tertiary/aromatic N) is 2. The maximum atomic E-state index is 12.8. The van der Waals surface area contributed by atoms with Crippen molar-refractivity contribution in [2.24, 2.45) is 0 Å². The SMILES string of the molecule is O=C(Nc1cc(Cl)ccc1Oc1ccccc1)c1cccc(C(=O)N2CCCC2)n1. The third-order valence-electron chi connectivity index (χ3n) is 4.75. The minimum Gasteiger partial charge on any atom is -0.455 e. The smallest absolute Gasteiger partial charge is 0.274 e. The van der Waals surface area contributed by atoms with Gasteiger partial charge < -0.3 is 15.0 Å². The summed E-state index contributed by atoms with van der Waals surface area (Å²) in [4.78, 5) is 31.4. The van der Waals surface area contributed by atoms with Crippen LogP contribution >= 0.6 is 11.6 Å². The molecule has 2 heterocycles. The molecular formula is C23H20ClN3O3. The molecule has 0 atom stereocenters. The van der Waals surface area contributed by atoms with E-state index in [1.165, 1.54) is 0 Å². The third kappa shape index (κ3) is 4.60. The molecule has 1 aliphatic rings. The van der Waals surface area contributed by atoms with E-state index in [-0.39, 0.29) is 17.3 Å². The number of carbonyl (C=O) groups is 2. The van der Waals surface area contributed by atoms with Crippen LogP contribution in [0.25, 0.3) is 0 Å². The zero-order chi connectivity index (χ0) is 20.9. The molecule has 1 aromatic heterocycles. The molecule has 2 aromatic carbocycles. The van der Waals surface area contributed by atoms with Crippen molar-refractivity contribution < 1.29 is 14.3 Å². The second-order valence-corrected chi connectivity index (χ2v) is 7.35. The van der Waals surface area contributed by atoms with Gasteiger partial charge in [0, 0.05) is 18.1 Å². The Morgan fingerprint density at radius 1 is 0.933 bits per heavy atom. The largest absolute Gasteiger partial charge is 0.455 e. The normalized spacial score (nSPS) is 13.2. The second-order valence-electron chi connectivity index (χ2n) is 6.92. The molecular weight excluding hydrogens is 402 g/mol. The van der Waals surface area contributed by atoms with Gasteiger partial charge in [0.05, 0.1) is 5.69 Å². The molecule has 0 saturated carbocycles. The highest BCUT2D eigenvalue weighted by atomic mass is 35.5. The number of ether oxygens (including phenoxy) is 1. The Hall–Kier alpha value is -3.38. The lowest BCUT2D eigenvalue weighted by molar-refractivity contribution is 0.0787. The Morgan fingerprint density at radius 2 is 1.67 bits per heavy atom. The first-order valence-electron chi connectivity index (χ1n) is 9.70. The van der Waals surface area contributed by atoms with Gasteiger partial charge in [-0.05, 0) is 55.3 Å². The Kier molecular flexibility index (Phi) is 5.95. The van der Waals surface area contributed by atoms with Crippen LogP contribution in [-0.2, 0) is 0 Å². The molecule has 3 aromatic rings. The number of rotatable bonds is 5. The van der Waals surface area contributed by atoms with Crippen LogP contribution in [0.5, 0.6) is 11.5 Å². The van der Waals surface area contributed by atoms with Crippen LogP contribution in [0.4, 0.5) is 5.69 Å². The summed E-state index contributed by atoms with van der Waals surface area (Å²) in [7, 11) is 0. The average molecular weight is 422 g/mol. The van der Waals surface area contributed by atoms with Crippen LogP contribution < -0.4 is 10.1 Å². The molecule has 0 radical (unpaired) electrons. The van der Waals surface area contributed by atoms with Crippen molar-refractivity contribution in [3.8, 4) is 11.5 Å². The van der Waals surface area contributed by atoms with Gasteiger partial charge in [0.15, 0.2) is 5.75 Å². The van der Waals surface area contributed by atoms with Gasteiger partial charge in [0.25, 0.3) is 11.8 Å². The molecule has 1 saturated heterocycles. The Balaban J connectivity index is 1.54. The lowest BCUT2D eigenvalue weighted by atomic mass is 10.2. The quantitative estimate of drug-likeness (QED) is 0.628. The highest BCUT2D eigenvalue weighted by Gasteiger charge is 2.22. The van der Waals surface area contributed by atoms with Crippen molar-refractivity contribution in [2.45, 2.75) is 12.8 Å². The number of pyridine rings is 1. The number of benzene rings is 2. The number of hydrogen-bond donors (Lipinski definition) is 1. The topological polar surface area (TPSA) is 71.5 Å². The van der Waals surface area contributed by atoms with Crippen molar-refractivity contribution in [1.29, 1.82) is 0 Å². The van der Waals surface area contributed by atoms with Gasteiger partial charge in [-0.15, -0.1) is 0 Å². The molecule has 0 aliphatic carbocycles. The molecule has 152 valence electrons. The van der Waals surface area contributed by atoms with Gasteiger partial charge in [-0.1, -0.05) is 35.9 Å². The summed E-state index contributed by atoms with van der Waals surface area (Å²) in [5.74, 6) is 0.471. The van der Waals surface area contributed by atoms with Crippen molar-refractivity contribution in [3.63, 3.8) is 0 Å². The van der Waals surface area contributed by atoms with E-state index in [9.17, 15) is 9.59 Å². The minimum absolute atomic E-state index is 0.144. The molecule has 0 unspecified atom stereocenters. The summed E-state index contributed by atoms with van der Waals surface area (Å²) in [5.41, 5.74) is 0.816. The van der Waals surface area contributed by atoms with Crippen LogP contribution in [0.15, 0.2) is 66.7 Å². The van der Waals surface area contributed by atoms with Crippen LogP contribution in [0.2, 0.25) is 5.02 Å². The van der Waals surface area contributed by atoms with E-state index in [2.05, 4.69) is 10.3 Å². The average Bonchev–Trinajstić information content (AvgIpc) is 3.31. The van der Waals surface area contributed by atoms with Crippen molar-refractivity contribution in [2.75, 3.05) is 18.4 Å². The number of hydrogen-bond acceptors (Lipinski definition) is 4. The lowest BCUT2D eigenvalue weighted by Crippen LogP contribution is -2.29. The number of carbonyl (C=O) groups excluding carboxylic acids is 2. The Labute approximate surface area is 179 Å². The van der Waals surface area contributed by atoms with Gasteiger partial charge in [-0.3, -0.25) is 9.59 Å². The number of halogens is 1. The summed E-state index contributed by atoms with van der Waals surface area (Å²) >= 11 is 6.12. The Bertz CT molecular complexity index is 1070. The number of nitrogens with one attached hydrogen (secondary N) is 1. The molecule has 0 bridgehead atoms. The summed E-state index contributed by atoms with van der Waals surface area (Å²) in [6, 6.07) is 19.1. The van der Waals surface area contributed by atoms with Gasteiger partial charge in [0.2, 0.25) is 0 Å². The van der Waals surface area contributed by atoms with Crippen LogP contribution in [0.3, 0.4) is 0 Å². The summed E-state index contributed by atoms with van der Waals surface area (Å²) < 4.78 is 5.88. The van der Waals surface area contributed by atoms with Gasteiger partial charge in [-0.2, -0.15) is 0 Å². The zero-order valence-electron chi connectivity index (χ0n) is 16.2. The predicted molar refractivity (Wildman–Crippen MR) is 115 cm³/mol. The Morgan fingerprint density at radius 3 is 2.43 bits per heavy atom. The van der Waals surface area contributed by atoms with Crippen LogP contribution in [0, 0.1) is 0 Å². The summed E-state index contributed by atoms with van der Waals surface area (Å²) in [5, 5.41) is 3.24. The van der Waals surface area contributed by atoms with Gasteiger partial charge in [-0.25, -0.2) is 4.98 Å². The van der Waals surface area contributed by atoms with E-state index >= 15 is 0 Å². The van der Waals surface area contributed by atoms with Crippen molar-refractivity contribution in [3.05, 3.63) is 83.1 Å². The number of likely N-dealkylation sites (tertiary alicyclic amines) is 1. The predicted octanol–water partition coefficient (Wildman–Crippen LogP) is 5.02. The fourth-order valence-electron chi connectivity index (χ4n) is 3.25. The summed E-state index contributed by atoms with van der Waals surface area (Å²) in [6.07, 6.45) is 1.98. The van der Waals surface area contributed by atoms with Gasteiger partial charge in [0.1, 0.15) is 17.1 Å². The molecule has 2 amide bonds. The summed E-state index contributed by atoms with van der Waals surface area (Å²) in [6.45, 7) is 1.44. The standard InChI is InChI=1S/C23H20ClN3O3/c24-16-11-12-21(30-17-7-2-1-3-8-17)20(15-16)26-22(28)18-9-6-10-19(25-18)23(29)27-13-4-5-14-27/h1-3,6-12,15H,4-5,13-14H2,(H,26,28). The zero-order valence-corrected chi connectivity index (χ0v) is 16.9. The van der Waals surface area contributed by atoms with E-state index in [0.717, 1.165) is 25.9 Å². The van der Waals surface area contributed by atoms with E-state index < -0.39 is 5.91 Å². The highest BCUT2D eigenvalue weighted by molar-refractivity contribution is 6.31. The molecule has 4 rings (SSSR count). The molecule has 6 nitrogen and oxygen atoms in total. The fourth-order valence-corrected chi connectivity index (χ4v) is 3.43. The molecule has 7 heteroatoms. The van der Waals surface area contributed by atoms with E-state index in [1.54, 1.807) is 41.3 Å².